The zero-order valence-corrected chi connectivity index (χ0v) is 16.5. The Labute approximate surface area is 165 Å². The van der Waals surface area contributed by atoms with Crippen LogP contribution in [-0.2, 0) is 6.54 Å². The molecule has 2 aromatic rings. The highest BCUT2D eigenvalue weighted by atomic mass is 16.1. The zero-order valence-electron chi connectivity index (χ0n) is 16.5. The van der Waals surface area contributed by atoms with E-state index in [4.69, 9.17) is 0 Å². The van der Waals surface area contributed by atoms with Crippen molar-refractivity contribution in [1.29, 1.82) is 0 Å². The molecule has 3 fully saturated rings. The Hall–Kier alpha value is -2.28. The minimum absolute atomic E-state index is 0.0455. The van der Waals surface area contributed by atoms with E-state index in [1.807, 2.05) is 6.92 Å². The highest BCUT2D eigenvalue weighted by Gasteiger charge is 2.40. The molecular weight excluding hydrogens is 352 g/mol. The minimum atomic E-state index is 0.0455. The number of fused-ring (bicyclic) bond motifs is 1. The normalized spacial score (nSPS) is 25.1. The molecule has 2 unspecified atom stereocenters. The van der Waals surface area contributed by atoms with Crippen molar-refractivity contribution in [3.05, 3.63) is 46.5 Å². The van der Waals surface area contributed by atoms with Crippen molar-refractivity contribution < 1.29 is 0 Å². The number of aromatic nitrogens is 4. The Morgan fingerprint density at radius 2 is 1.79 bits per heavy atom. The molecule has 4 heterocycles. The average molecular weight is 380 g/mol. The van der Waals surface area contributed by atoms with E-state index in [0.29, 0.717) is 24.3 Å². The van der Waals surface area contributed by atoms with E-state index < -0.39 is 0 Å². The highest BCUT2D eigenvalue weighted by molar-refractivity contribution is 5.42. The lowest BCUT2D eigenvalue weighted by molar-refractivity contribution is 0.300. The van der Waals surface area contributed by atoms with Crippen LogP contribution in [0.4, 0.5) is 5.82 Å². The second-order valence-corrected chi connectivity index (χ2v) is 8.68. The molecule has 0 aromatic carbocycles. The van der Waals surface area contributed by atoms with Crippen LogP contribution in [0.3, 0.4) is 0 Å². The molecule has 28 heavy (non-hydrogen) atoms. The largest absolute Gasteiger partial charge is 0.356 e. The van der Waals surface area contributed by atoms with Gasteiger partial charge in [0.1, 0.15) is 12.1 Å². The third kappa shape index (κ3) is 3.43. The predicted molar refractivity (Wildman–Crippen MR) is 107 cm³/mol. The fourth-order valence-electron chi connectivity index (χ4n) is 4.86. The molecule has 1 aliphatic carbocycles. The van der Waals surface area contributed by atoms with Gasteiger partial charge in [0, 0.05) is 68.7 Å². The second kappa shape index (κ2) is 7.28. The Balaban J connectivity index is 1.17. The lowest BCUT2D eigenvalue weighted by atomic mass is 9.83. The van der Waals surface area contributed by atoms with Crippen molar-refractivity contribution in [3.8, 4) is 0 Å². The summed E-state index contributed by atoms with van der Waals surface area (Å²) in [6.07, 6.45) is 7.30. The SMILES string of the molecule is Cc1cc(=O)n(CCN2CC3CN(c4cc(C5CCC5)ncn4)CC3C2)cn1. The maximum atomic E-state index is 12.0. The smallest absolute Gasteiger partial charge is 0.253 e. The summed E-state index contributed by atoms with van der Waals surface area (Å²) >= 11 is 0. The molecule has 2 aliphatic heterocycles. The lowest BCUT2D eigenvalue weighted by Gasteiger charge is -2.26. The van der Waals surface area contributed by atoms with Gasteiger partial charge in [-0.1, -0.05) is 6.42 Å². The van der Waals surface area contributed by atoms with E-state index in [-0.39, 0.29) is 5.56 Å². The summed E-state index contributed by atoms with van der Waals surface area (Å²) in [6.45, 7) is 7.85. The van der Waals surface area contributed by atoms with Crippen molar-refractivity contribution in [2.24, 2.45) is 11.8 Å². The molecule has 7 nitrogen and oxygen atoms in total. The number of rotatable bonds is 5. The molecular formula is C21H28N6O. The number of likely N-dealkylation sites (tertiary alicyclic amines) is 1. The first-order valence-corrected chi connectivity index (χ1v) is 10.5. The Morgan fingerprint density at radius 1 is 1.00 bits per heavy atom. The zero-order chi connectivity index (χ0) is 19.1. The van der Waals surface area contributed by atoms with Gasteiger partial charge in [-0.05, 0) is 31.6 Å². The summed E-state index contributed by atoms with van der Waals surface area (Å²) in [7, 11) is 0. The van der Waals surface area contributed by atoms with Crippen molar-refractivity contribution in [1.82, 2.24) is 24.4 Å². The van der Waals surface area contributed by atoms with Crippen LogP contribution in [0.25, 0.3) is 0 Å². The van der Waals surface area contributed by atoms with Gasteiger partial charge in [0.25, 0.3) is 5.56 Å². The maximum Gasteiger partial charge on any atom is 0.253 e. The van der Waals surface area contributed by atoms with Gasteiger partial charge in [-0.25, -0.2) is 15.0 Å². The Kier molecular flexibility index (Phi) is 4.62. The van der Waals surface area contributed by atoms with E-state index in [1.54, 1.807) is 23.3 Å². The standard InChI is InChI=1S/C21H28N6O/c1-15-7-21(28)26(14-24-15)6-5-25-9-17-11-27(12-18(17)10-25)20-8-19(22-13-23-20)16-3-2-4-16/h7-8,13-14,16-18H,2-6,9-12H2,1H3. The van der Waals surface area contributed by atoms with Gasteiger partial charge in [0.05, 0.1) is 6.33 Å². The van der Waals surface area contributed by atoms with Crippen LogP contribution in [0.5, 0.6) is 0 Å². The molecule has 0 N–H and O–H groups in total. The minimum Gasteiger partial charge on any atom is -0.356 e. The third-order valence-corrected chi connectivity index (χ3v) is 6.76. The van der Waals surface area contributed by atoms with Crippen molar-refractivity contribution in [2.45, 2.75) is 38.6 Å². The van der Waals surface area contributed by atoms with Crippen molar-refractivity contribution in [3.63, 3.8) is 0 Å². The van der Waals surface area contributed by atoms with Crippen LogP contribution in [0.2, 0.25) is 0 Å². The predicted octanol–water partition coefficient (Wildman–Crippen LogP) is 1.68. The molecule has 2 aromatic heterocycles. The van der Waals surface area contributed by atoms with E-state index in [9.17, 15) is 4.79 Å². The molecule has 3 aliphatic rings. The van der Waals surface area contributed by atoms with Crippen LogP contribution in [0.1, 0.15) is 36.6 Å². The summed E-state index contributed by atoms with van der Waals surface area (Å²) in [4.78, 5) is 30.3. The van der Waals surface area contributed by atoms with Gasteiger partial charge in [-0.3, -0.25) is 9.36 Å². The van der Waals surface area contributed by atoms with Gasteiger partial charge in [0.2, 0.25) is 0 Å². The molecule has 0 radical (unpaired) electrons. The highest BCUT2D eigenvalue weighted by Crippen LogP contribution is 2.37. The topological polar surface area (TPSA) is 67.2 Å². The molecule has 148 valence electrons. The number of hydrogen-bond donors (Lipinski definition) is 0. The first kappa shape index (κ1) is 17.8. The summed E-state index contributed by atoms with van der Waals surface area (Å²) in [6, 6.07) is 3.83. The second-order valence-electron chi connectivity index (χ2n) is 8.68. The monoisotopic (exact) mass is 380 g/mol. The lowest BCUT2D eigenvalue weighted by Crippen LogP contribution is -2.33. The molecule has 2 saturated heterocycles. The molecule has 2 atom stereocenters. The van der Waals surface area contributed by atoms with Gasteiger partial charge < -0.3 is 9.80 Å². The van der Waals surface area contributed by atoms with Crippen LogP contribution < -0.4 is 10.5 Å². The fourth-order valence-corrected chi connectivity index (χ4v) is 4.86. The molecule has 0 spiro atoms. The molecule has 5 rings (SSSR count). The maximum absolute atomic E-state index is 12.0. The number of aryl methyl sites for hydroxylation is 1. The van der Waals surface area contributed by atoms with Crippen LogP contribution in [0, 0.1) is 18.8 Å². The van der Waals surface area contributed by atoms with Crippen LogP contribution in [0.15, 0.2) is 29.6 Å². The molecule has 1 saturated carbocycles. The number of anilines is 1. The third-order valence-electron chi connectivity index (χ3n) is 6.76. The van der Waals surface area contributed by atoms with Gasteiger partial charge in [-0.15, -0.1) is 0 Å². The van der Waals surface area contributed by atoms with E-state index in [1.165, 1.54) is 25.0 Å². The Bertz CT molecular complexity index is 894. The first-order chi connectivity index (χ1) is 13.7. The summed E-state index contributed by atoms with van der Waals surface area (Å²) in [5, 5.41) is 0. The summed E-state index contributed by atoms with van der Waals surface area (Å²) < 4.78 is 1.72. The van der Waals surface area contributed by atoms with Gasteiger partial charge in [-0.2, -0.15) is 0 Å². The van der Waals surface area contributed by atoms with E-state index >= 15 is 0 Å². The molecule has 0 amide bonds. The van der Waals surface area contributed by atoms with Crippen molar-refractivity contribution >= 4 is 5.82 Å². The fraction of sp³-hybridized carbons (Fsp3) is 0.619. The number of hydrogen-bond acceptors (Lipinski definition) is 6. The Morgan fingerprint density at radius 3 is 2.46 bits per heavy atom. The quantitative estimate of drug-likeness (QED) is 0.786. The number of nitrogens with zero attached hydrogens (tertiary/aromatic N) is 6. The van der Waals surface area contributed by atoms with E-state index in [0.717, 1.165) is 44.2 Å². The molecule has 7 heteroatoms. The molecule has 0 bridgehead atoms. The van der Waals surface area contributed by atoms with Crippen LogP contribution >= 0.6 is 0 Å². The van der Waals surface area contributed by atoms with E-state index in [2.05, 4.69) is 30.8 Å². The average Bonchev–Trinajstić information content (AvgIpc) is 3.18. The van der Waals surface area contributed by atoms with Gasteiger partial charge in [0.15, 0.2) is 0 Å². The van der Waals surface area contributed by atoms with Gasteiger partial charge >= 0.3 is 0 Å². The van der Waals surface area contributed by atoms with Crippen molar-refractivity contribution in [2.75, 3.05) is 37.6 Å². The summed E-state index contributed by atoms with van der Waals surface area (Å²) in [5.41, 5.74) is 2.05. The van der Waals surface area contributed by atoms with Crippen LogP contribution in [-0.4, -0.2) is 57.1 Å². The first-order valence-electron chi connectivity index (χ1n) is 10.5. The summed E-state index contributed by atoms with van der Waals surface area (Å²) in [5.74, 6) is 3.14.